The summed E-state index contributed by atoms with van der Waals surface area (Å²) in [5.41, 5.74) is 2.80. The minimum absolute atomic E-state index is 0.0521. The van der Waals surface area contributed by atoms with Gasteiger partial charge in [0.25, 0.3) is 0 Å². The molecule has 0 aliphatic heterocycles. The predicted octanol–water partition coefficient (Wildman–Crippen LogP) is 8.72. The molecule has 2 aliphatic rings. The molecule has 222 valence electrons. The molecule has 3 rings (SSSR count). The molecule has 0 saturated heterocycles. The van der Waals surface area contributed by atoms with Gasteiger partial charge in [0.05, 0.1) is 30.6 Å². The quantitative estimate of drug-likeness (QED) is 0.102. The summed E-state index contributed by atoms with van der Waals surface area (Å²) in [7, 11) is 0. The fourth-order valence-corrected chi connectivity index (χ4v) is 7.01. The summed E-state index contributed by atoms with van der Waals surface area (Å²) < 4.78 is 21.7. The Morgan fingerprint density at radius 3 is 2.33 bits per heavy atom. The van der Waals surface area contributed by atoms with Crippen LogP contribution in [0, 0.1) is 17.3 Å². The van der Waals surface area contributed by atoms with E-state index in [0.29, 0.717) is 19.6 Å². The van der Waals surface area contributed by atoms with Gasteiger partial charge in [-0.3, -0.25) is 18.6 Å². The number of halogens is 3. The van der Waals surface area contributed by atoms with Crippen molar-refractivity contribution in [3.8, 4) is 5.88 Å². The number of hydrogen-bond acceptors (Lipinski definition) is 8. The second kappa shape index (κ2) is 14.8. The first kappa shape index (κ1) is 34.9. The van der Waals surface area contributed by atoms with Gasteiger partial charge >= 0.3 is 12.7 Å². The van der Waals surface area contributed by atoms with Gasteiger partial charge < -0.3 is 9.26 Å². The second-order valence-electron chi connectivity index (χ2n) is 10.2. The fraction of sp³-hybridized carbons (Fsp3) is 0.536. The van der Waals surface area contributed by atoms with Gasteiger partial charge in [-0.2, -0.15) is 4.98 Å². The molecule has 12 heteroatoms. The summed E-state index contributed by atoms with van der Waals surface area (Å²) in [6.45, 7) is 15.2. The van der Waals surface area contributed by atoms with Crippen LogP contribution < -0.4 is 4.52 Å². The third-order valence-corrected chi connectivity index (χ3v) is 9.92. The molecule has 1 aromatic rings. The average Bonchev–Trinajstić information content (AvgIpc) is 3.27. The maximum absolute atomic E-state index is 12.5. The maximum Gasteiger partial charge on any atom is 0.381 e. The SMILES string of the molecule is C=CCC1=C(C)C(OC(=O)C2C(C=C(C)C)C2(C)C)CC1=O.CCOP(=S)(OCC)Oc1nc(Cl)c(Cl)cc1Cl. The number of rotatable bonds is 11. The van der Waals surface area contributed by atoms with Crippen molar-refractivity contribution in [2.75, 3.05) is 13.2 Å². The first-order valence-corrected chi connectivity index (χ1v) is 16.6. The van der Waals surface area contributed by atoms with Crippen molar-refractivity contribution in [3.63, 3.8) is 0 Å². The lowest BCUT2D eigenvalue weighted by molar-refractivity contribution is -0.150. The number of pyridine rings is 1. The van der Waals surface area contributed by atoms with Crippen LogP contribution in [0.5, 0.6) is 5.88 Å². The van der Waals surface area contributed by atoms with E-state index in [1.165, 1.54) is 11.6 Å². The predicted molar refractivity (Wildman–Crippen MR) is 165 cm³/mol. The standard InChI is InChI=1S/C19H26O3.C9H11Cl3NO3PS/c1-7-8-13-12(4)16(10-15(13)20)22-18(21)17-14(9-11(2)3)19(17,5)6;1-3-14-17(18,15-4-2)16-9-7(11)5-6(10)8(12)13-9/h7,9,14,16-17H,1,8,10H2,2-6H3;5H,3-4H2,1-2H3. The third kappa shape index (κ3) is 8.87. The molecule has 40 heavy (non-hydrogen) atoms. The molecule has 0 radical (unpaired) electrons. The number of carbonyl (C=O) groups excluding carboxylic acids is 2. The summed E-state index contributed by atoms with van der Waals surface area (Å²) in [6, 6.07) is 1.42. The molecule has 1 aromatic heterocycles. The first-order chi connectivity index (χ1) is 18.6. The van der Waals surface area contributed by atoms with Crippen LogP contribution in [0.15, 0.2) is 41.5 Å². The highest BCUT2D eigenvalue weighted by atomic mass is 35.5. The van der Waals surface area contributed by atoms with E-state index in [-0.39, 0.29) is 56.5 Å². The topological polar surface area (TPSA) is 84.0 Å². The number of hydrogen-bond donors (Lipinski definition) is 0. The Bertz CT molecular complexity index is 1230. The van der Waals surface area contributed by atoms with Crippen molar-refractivity contribution in [3.05, 3.63) is 56.7 Å². The molecule has 0 bridgehead atoms. The normalized spacial score (nSPS) is 21.4. The minimum Gasteiger partial charge on any atom is -0.457 e. The van der Waals surface area contributed by atoms with Crippen molar-refractivity contribution in [1.29, 1.82) is 0 Å². The van der Waals surface area contributed by atoms with E-state index < -0.39 is 12.8 Å². The lowest BCUT2D eigenvalue weighted by Gasteiger charge is -2.20. The molecule has 1 fully saturated rings. The van der Waals surface area contributed by atoms with Crippen LogP contribution >= 0.6 is 41.5 Å². The Morgan fingerprint density at radius 1 is 1.20 bits per heavy atom. The zero-order valence-electron chi connectivity index (χ0n) is 23.9. The van der Waals surface area contributed by atoms with Crippen LogP contribution in [0.3, 0.4) is 0 Å². The van der Waals surface area contributed by atoms with Gasteiger partial charge in [-0.25, -0.2) is 0 Å². The number of Topliss-reactive ketones (excluding diaryl/α,β-unsaturated/α-hetero) is 1. The molecule has 1 heterocycles. The molecule has 1 saturated carbocycles. The molecule has 0 spiro atoms. The molecular weight excluding hydrogens is 616 g/mol. The van der Waals surface area contributed by atoms with E-state index >= 15 is 0 Å². The second-order valence-corrected chi connectivity index (χ2v) is 14.3. The highest BCUT2D eigenvalue weighted by Crippen LogP contribution is 2.60. The van der Waals surface area contributed by atoms with Gasteiger partial charge in [-0.05, 0) is 64.0 Å². The number of ether oxygens (including phenoxy) is 1. The van der Waals surface area contributed by atoms with Crippen LogP contribution in [0.1, 0.15) is 61.3 Å². The number of aromatic nitrogens is 1. The average molecular weight is 653 g/mol. The molecule has 7 nitrogen and oxygen atoms in total. The van der Waals surface area contributed by atoms with Crippen LogP contribution in [-0.4, -0.2) is 36.1 Å². The lowest BCUT2D eigenvalue weighted by Crippen LogP contribution is -2.20. The number of ketones is 1. The molecule has 3 unspecified atom stereocenters. The lowest BCUT2D eigenvalue weighted by atomic mass is 10.1. The van der Waals surface area contributed by atoms with Gasteiger partial charge in [0.15, 0.2) is 10.9 Å². The smallest absolute Gasteiger partial charge is 0.381 e. The first-order valence-electron chi connectivity index (χ1n) is 12.9. The van der Waals surface area contributed by atoms with Crippen molar-refractivity contribution >= 4 is 65.1 Å². The number of esters is 1. The fourth-order valence-electron chi connectivity index (χ4n) is 4.42. The van der Waals surface area contributed by atoms with Gasteiger partial charge in [-0.15, -0.1) is 6.58 Å². The summed E-state index contributed by atoms with van der Waals surface area (Å²) in [4.78, 5) is 28.4. The highest BCUT2D eigenvalue weighted by molar-refractivity contribution is 8.07. The monoisotopic (exact) mass is 651 g/mol. The van der Waals surface area contributed by atoms with E-state index in [0.717, 1.165) is 11.1 Å². The largest absolute Gasteiger partial charge is 0.457 e. The van der Waals surface area contributed by atoms with E-state index in [1.807, 2.05) is 20.8 Å². The van der Waals surface area contributed by atoms with E-state index in [2.05, 4.69) is 31.5 Å². The third-order valence-electron chi connectivity index (χ3n) is 6.58. The van der Waals surface area contributed by atoms with Crippen LogP contribution in [-0.2, 0) is 35.2 Å². The molecule has 0 N–H and O–H groups in total. The zero-order chi connectivity index (χ0) is 30.4. The molecule has 0 aromatic carbocycles. The Balaban J connectivity index is 0.000000286. The van der Waals surface area contributed by atoms with Crippen molar-refractivity contribution < 1.29 is 27.9 Å². The summed E-state index contributed by atoms with van der Waals surface area (Å²) >= 11 is 22.7. The van der Waals surface area contributed by atoms with Gasteiger partial charge in [0, 0.05) is 17.4 Å². The summed E-state index contributed by atoms with van der Waals surface area (Å²) in [5.74, 6) is 0.0831. The maximum atomic E-state index is 12.5. The van der Waals surface area contributed by atoms with Gasteiger partial charge in [-0.1, -0.05) is 66.4 Å². The summed E-state index contributed by atoms with van der Waals surface area (Å²) in [5, 5.41) is 0.499. The number of nitrogens with zero attached hydrogens (tertiary/aromatic N) is 1. The Labute approximate surface area is 257 Å². The van der Waals surface area contributed by atoms with E-state index in [9.17, 15) is 9.59 Å². The minimum atomic E-state index is -2.92. The zero-order valence-corrected chi connectivity index (χ0v) is 27.9. The number of carbonyl (C=O) groups is 2. The van der Waals surface area contributed by atoms with E-state index in [1.54, 1.807) is 19.9 Å². The van der Waals surface area contributed by atoms with E-state index in [4.69, 9.17) is 64.9 Å². The van der Waals surface area contributed by atoms with Crippen LogP contribution in [0.2, 0.25) is 15.2 Å². The van der Waals surface area contributed by atoms with Crippen molar-refractivity contribution in [1.82, 2.24) is 4.98 Å². The Morgan fingerprint density at radius 2 is 1.80 bits per heavy atom. The molecule has 0 amide bonds. The molecule has 2 aliphatic carbocycles. The van der Waals surface area contributed by atoms with Gasteiger partial charge in [0.2, 0.25) is 5.88 Å². The van der Waals surface area contributed by atoms with Crippen LogP contribution in [0.4, 0.5) is 0 Å². The Kier molecular flexibility index (Phi) is 12.9. The summed E-state index contributed by atoms with van der Waals surface area (Å²) in [6.07, 6.45) is 4.31. The van der Waals surface area contributed by atoms with Crippen LogP contribution in [0.25, 0.3) is 0 Å². The van der Waals surface area contributed by atoms with Gasteiger partial charge in [0.1, 0.15) is 11.1 Å². The molecular formula is C28H37Cl3NO6PS. The number of allylic oxidation sites excluding steroid dienone is 4. The van der Waals surface area contributed by atoms with Crippen molar-refractivity contribution in [2.45, 2.75) is 67.4 Å². The highest BCUT2D eigenvalue weighted by Gasteiger charge is 2.61. The molecule has 3 atom stereocenters. The Hall–Kier alpha value is -1.25. The van der Waals surface area contributed by atoms with Crippen molar-refractivity contribution in [2.24, 2.45) is 17.3 Å².